The Hall–Kier alpha value is -1.88. The Balaban J connectivity index is 2.20. The predicted octanol–water partition coefficient (Wildman–Crippen LogP) is 2.54. The Kier molecular flexibility index (Phi) is 2.53. The molecule has 0 unspecified atom stereocenters. The van der Waals surface area contributed by atoms with Crippen molar-refractivity contribution in [3.63, 3.8) is 0 Å². The first kappa shape index (κ1) is 10.3. The van der Waals surface area contributed by atoms with Gasteiger partial charge in [0.1, 0.15) is 23.5 Å². The lowest BCUT2D eigenvalue weighted by molar-refractivity contribution is 0.952. The zero-order chi connectivity index (χ0) is 11.7. The molecule has 3 rings (SSSR count). The SMILES string of the molecule is CSc1cc(-n2cnc3ccccc32)ncn1. The molecule has 2 heterocycles. The van der Waals surface area contributed by atoms with Crippen LogP contribution >= 0.6 is 11.8 Å². The molecule has 0 aliphatic rings. The van der Waals surface area contributed by atoms with E-state index < -0.39 is 0 Å². The lowest BCUT2D eigenvalue weighted by atomic mass is 10.3. The first-order valence-electron chi connectivity index (χ1n) is 5.17. The van der Waals surface area contributed by atoms with Crippen molar-refractivity contribution in [3.8, 4) is 5.82 Å². The highest BCUT2D eigenvalue weighted by atomic mass is 32.2. The number of hydrogen-bond acceptors (Lipinski definition) is 4. The zero-order valence-electron chi connectivity index (χ0n) is 9.24. The minimum atomic E-state index is 0.845. The molecule has 0 spiro atoms. The first-order chi connectivity index (χ1) is 8.38. The summed E-state index contributed by atoms with van der Waals surface area (Å²) >= 11 is 1.60. The van der Waals surface area contributed by atoms with Crippen molar-refractivity contribution in [1.82, 2.24) is 19.5 Å². The molecule has 0 radical (unpaired) electrons. The van der Waals surface area contributed by atoms with Gasteiger partial charge >= 0.3 is 0 Å². The van der Waals surface area contributed by atoms with Gasteiger partial charge in [-0.2, -0.15) is 0 Å². The first-order valence-corrected chi connectivity index (χ1v) is 6.39. The quantitative estimate of drug-likeness (QED) is 0.511. The largest absolute Gasteiger partial charge is 0.283 e. The van der Waals surface area contributed by atoms with Crippen LogP contribution in [-0.2, 0) is 0 Å². The van der Waals surface area contributed by atoms with Gasteiger partial charge in [0, 0.05) is 6.07 Å². The molecule has 4 nitrogen and oxygen atoms in total. The molecule has 0 atom stereocenters. The molecule has 84 valence electrons. The second-order valence-corrected chi connectivity index (χ2v) is 4.35. The maximum atomic E-state index is 4.35. The van der Waals surface area contributed by atoms with Crippen LogP contribution in [-0.4, -0.2) is 25.8 Å². The van der Waals surface area contributed by atoms with E-state index in [1.165, 1.54) is 0 Å². The minimum Gasteiger partial charge on any atom is -0.283 e. The average molecular weight is 242 g/mol. The van der Waals surface area contributed by atoms with Gasteiger partial charge in [0.15, 0.2) is 0 Å². The molecule has 3 aromatic rings. The second kappa shape index (κ2) is 4.18. The highest BCUT2D eigenvalue weighted by Gasteiger charge is 2.05. The molecule has 0 saturated heterocycles. The summed E-state index contributed by atoms with van der Waals surface area (Å²) in [5.41, 5.74) is 2.02. The third-order valence-electron chi connectivity index (χ3n) is 2.54. The highest BCUT2D eigenvalue weighted by Crippen LogP contribution is 2.18. The van der Waals surface area contributed by atoms with Crippen LogP contribution in [0.25, 0.3) is 16.9 Å². The smallest absolute Gasteiger partial charge is 0.142 e. The molecule has 0 aliphatic carbocycles. The number of fused-ring (bicyclic) bond motifs is 1. The molecule has 1 aromatic carbocycles. The van der Waals surface area contributed by atoms with E-state index in [0.717, 1.165) is 21.9 Å². The maximum Gasteiger partial charge on any atom is 0.142 e. The van der Waals surface area contributed by atoms with Gasteiger partial charge in [-0.25, -0.2) is 15.0 Å². The Morgan fingerprint density at radius 3 is 2.88 bits per heavy atom. The summed E-state index contributed by atoms with van der Waals surface area (Å²) in [6.45, 7) is 0. The fraction of sp³-hybridized carbons (Fsp3) is 0.0833. The average Bonchev–Trinajstić information content (AvgIpc) is 2.82. The molecule has 17 heavy (non-hydrogen) atoms. The lowest BCUT2D eigenvalue weighted by Gasteiger charge is -2.03. The fourth-order valence-electron chi connectivity index (χ4n) is 1.72. The van der Waals surface area contributed by atoms with E-state index in [-0.39, 0.29) is 0 Å². The van der Waals surface area contributed by atoms with Crippen LogP contribution < -0.4 is 0 Å². The van der Waals surface area contributed by atoms with Gasteiger partial charge in [-0.3, -0.25) is 4.57 Å². The Morgan fingerprint density at radius 2 is 2.00 bits per heavy atom. The number of aromatic nitrogens is 4. The van der Waals surface area contributed by atoms with Crippen molar-refractivity contribution in [2.45, 2.75) is 5.03 Å². The number of imidazole rings is 1. The van der Waals surface area contributed by atoms with Crippen LogP contribution in [0.4, 0.5) is 0 Å². The van der Waals surface area contributed by atoms with Crippen LogP contribution in [0.1, 0.15) is 0 Å². The number of nitrogens with zero attached hydrogens (tertiary/aromatic N) is 4. The summed E-state index contributed by atoms with van der Waals surface area (Å²) < 4.78 is 1.97. The van der Waals surface area contributed by atoms with Crippen LogP contribution in [0, 0.1) is 0 Å². The topological polar surface area (TPSA) is 43.6 Å². The monoisotopic (exact) mass is 242 g/mol. The number of thioether (sulfide) groups is 1. The fourth-order valence-corrected chi connectivity index (χ4v) is 2.09. The lowest BCUT2D eigenvalue weighted by Crippen LogP contribution is -1.96. The summed E-state index contributed by atoms with van der Waals surface area (Å²) in [7, 11) is 0. The van der Waals surface area contributed by atoms with Gasteiger partial charge in [-0.05, 0) is 18.4 Å². The van der Waals surface area contributed by atoms with Crippen LogP contribution in [0.5, 0.6) is 0 Å². The Morgan fingerprint density at radius 1 is 1.12 bits per heavy atom. The molecule has 0 N–H and O–H groups in total. The normalized spacial score (nSPS) is 10.9. The summed E-state index contributed by atoms with van der Waals surface area (Å²) in [5.74, 6) is 0.845. The molecule has 0 fully saturated rings. The van der Waals surface area contributed by atoms with Crippen LogP contribution in [0.15, 0.2) is 48.0 Å². The molecule has 5 heteroatoms. The van der Waals surface area contributed by atoms with E-state index in [1.807, 2.05) is 41.2 Å². The van der Waals surface area contributed by atoms with E-state index in [1.54, 1.807) is 24.4 Å². The van der Waals surface area contributed by atoms with Gasteiger partial charge < -0.3 is 0 Å². The number of rotatable bonds is 2. The molecule has 2 aromatic heterocycles. The second-order valence-electron chi connectivity index (χ2n) is 3.52. The molecule has 0 bridgehead atoms. The van der Waals surface area contributed by atoms with Gasteiger partial charge in [0.05, 0.1) is 11.0 Å². The Labute approximate surface area is 103 Å². The van der Waals surface area contributed by atoms with E-state index >= 15 is 0 Å². The number of benzene rings is 1. The van der Waals surface area contributed by atoms with E-state index in [2.05, 4.69) is 15.0 Å². The summed E-state index contributed by atoms with van der Waals surface area (Å²) in [4.78, 5) is 12.8. The van der Waals surface area contributed by atoms with Gasteiger partial charge in [-0.1, -0.05) is 12.1 Å². The number of para-hydroxylation sites is 2. The van der Waals surface area contributed by atoms with Crippen molar-refractivity contribution in [2.75, 3.05) is 6.26 Å². The van der Waals surface area contributed by atoms with Crippen molar-refractivity contribution in [2.24, 2.45) is 0 Å². The molecular weight excluding hydrogens is 232 g/mol. The van der Waals surface area contributed by atoms with E-state index in [4.69, 9.17) is 0 Å². The standard InChI is InChI=1S/C12H10N4S/c1-17-12-6-11(13-7-14-12)16-8-15-9-4-2-3-5-10(9)16/h2-8H,1H3. The Bertz CT molecular complexity index is 662. The van der Waals surface area contributed by atoms with Crippen molar-refractivity contribution < 1.29 is 0 Å². The third kappa shape index (κ3) is 1.78. The van der Waals surface area contributed by atoms with E-state index in [0.29, 0.717) is 0 Å². The number of hydrogen-bond donors (Lipinski definition) is 0. The highest BCUT2D eigenvalue weighted by molar-refractivity contribution is 7.98. The van der Waals surface area contributed by atoms with Crippen molar-refractivity contribution in [1.29, 1.82) is 0 Å². The summed E-state index contributed by atoms with van der Waals surface area (Å²) in [6.07, 6.45) is 5.37. The maximum absolute atomic E-state index is 4.35. The molecule has 0 saturated carbocycles. The zero-order valence-corrected chi connectivity index (χ0v) is 10.1. The van der Waals surface area contributed by atoms with Crippen LogP contribution in [0.3, 0.4) is 0 Å². The van der Waals surface area contributed by atoms with Crippen molar-refractivity contribution in [3.05, 3.63) is 43.0 Å². The predicted molar refractivity (Wildman–Crippen MR) is 68.4 cm³/mol. The van der Waals surface area contributed by atoms with Gasteiger partial charge in [0.25, 0.3) is 0 Å². The third-order valence-corrected chi connectivity index (χ3v) is 3.18. The molecular formula is C12H10N4S. The summed E-state index contributed by atoms with van der Waals surface area (Å²) in [6, 6.07) is 9.95. The molecule has 0 amide bonds. The minimum absolute atomic E-state index is 0.845. The van der Waals surface area contributed by atoms with Crippen molar-refractivity contribution >= 4 is 22.8 Å². The van der Waals surface area contributed by atoms with Gasteiger partial charge in [-0.15, -0.1) is 11.8 Å². The van der Waals surface area contributed by atoms with E-state index in [9.17, 15) is 0 Å². The summed E-state index contributed by atoms with van der Waals surface area (Å²) in [5, 5.41) is 0.952. The van der Waals surface area contributed by atoms with Gasteiger partial charge in [0.2, 0.25) is 0 Å². The van der Waals surface area contributed by atoms with Crippen LogP contribution in [0.2, 0.25) is 0 Å². The molecule has 0 aliphatic heterocycles.